The maximum Gasteiger partial charge on any atom is 0.253 e. The number of amides is 1. The van der Waals surface area contributed by atoms with Crippen LogP contribution in [-0.4, -0.2) is 19.3 Å². The number of halogens is 3. The molecule has 35 heavy (non-hydrogen) atoms. The van der Waals surface area contributed by atoms with E-state index in [-0.39, 0.29) is 5.91 Å². The minimum Gasteiger partial charge on any atom is -0.328 e. The van der Waals surface area contributed by atoms with E-state index >= 15 is 0 Å². The summed E-state index contributed by atoms with van der Waals surface area (Å²) in [4.78, 5) is 18.3. The molecule has 5 aromatic rings. The van der Waals surface area contributed by atoms with E-state index in [0.717, 1.165) is 27.4 Å². The third-order valence-electron chi connectivity index (χ3n) is 5.64. The molecule has 1 amide bonds. The Kier molecular flexibility index (Phi) is 6.94. The average molecular weight is 541 g/mol. The highest BCUT2D eigenvalue weighted by Crippen LogP contribution is 2.41. The van der Waals surface area contributed by atoms with E-state index in [2.05, 4.69) is 17.4 Å². The summed E-state index contributed by atoms with van der Waals surface area (Å²) < 4.78 is -0.0370. The van der Waals surface area contributed by atoms with Crippen molar-refractivity contribution >= 4 is 74.3 Å². The molecule has 0 spiro atoms. The van der Waals surface area contributed by atoms with Gasteiger partial charge in [0, 0.05) is 11.3 Å². The molecule has 0 radical (unpaired) electrons. The van der Waals surface area contributed by atoms with Crippen LogP contribution in [0.3, 0.4) is 0 Å². The molecule has 4 nitrogen and oxygen atoms in total. The number of aromatic nitrogens is 2. The minimum absolute atomic E-state index is 0.338. The van der Waals surface area contributed by atoms with Gasteiger partial charge >= 0.3 is 0 Å². The SMILES string of the molecule is O=C(NC(n1c(SCc2ccccc2)nc2ccccc21)C(Cl)(Cl)Cl)c1cccc2ccccc12. The number of imidazole rings is 1. The van der Waals surface area contributed by atoms with Crippen LogP contribution in [0.4, 0.5) is 0 Å². The number of rotatable bonds is 6. The van der Waals surface area contributed by atoms with E-state index in [4.69, 9.17) is 39.8 Å². The Hall–Kier alpha value is -2.70. The van der Waals surface area contributed by atoms with Crippen LogP contribution in [0.1, 0.15) is 22.1 Å². The van der Waals surface area contributed by atoms with Gasteiger partial charge in [-0.3, -0.25) is 9.36 Å². The molecule has 1 heterocycles. The fraction of sp³-hybridized carbons (Fsp3) is 0.111. The summed E-state index contributed by atoms with van der Waals surface area (Å²) >= 11 is 21.0. The molecule has 0 saturated carbocycles. The first-order valence-electron chi connectivity index (χ1n) is 10.9. The van der Waals surface area contributed by atoms with Gasteiger partial charge in [0.2, 0.25) is 3.79 Å². The Bertz CT molecular complexity index is 1490. The number of benzene rings is 4. The summed E-state index contributed by atoms with van der Waals surface area (Å²) in [6, 6.07) is 30.9. The van der Waals surface area contributed by atoms with E-state index < -0.39 is 9.96 Å². The summed E-state index contributed by atoms with van der Waals surface area (Å²) in [5, 5.41) is 5.40. The molecule has 1 unspecified atom stereocenters. The lowest BCUT2D eigenvalue weighted by Crippen LogP contribution is -2.40. The summed E-state index contributed by atoms with van der Waals surface area (Å²) in [5.41, 5.74) is 3.16. The van der Waals surface area contributed by atoms with Gasteiger partial charge in [-0.05, 0) is 34.5 Å². The van der Waals surface area contributed by atoms with Gasteiger partial charge in [0.05, 0.1) is 11.0 Å². The minimum atomic E-state index is -1.84. The van der Waals surface area contributed by atoms with Gasteiger partial charge in [0.15, 0.2) is 11.3 Å². The Balaban J connectivity index is 1.55. The Labute approximate surface area is 222 Å². The molecule has 0 fully saturated rings. The van der Waals surface area contributed by atoms with Crippen LogP contribution in [-0.2, 0) is 5.75 Å². The number of alkyl halides is 3. The summed E-state index contributed by atoms with van der Waals surface area (Å²) in [6.07, 6.45) is -0.996. The van der Waals surface area contributed by atoms with Crippen molar-refractivity contribution in [3.63, 3.8) is 0 Å². The number of hydrogen-bond acceptors (Lipinski definition) is 3. The summed E-state index contributed by atoms with van der Waals surface area (Å²) in [7, 11) is 0. The lowest BCUT2D eigenvalue weighted by Gasteiger charge is -2.29. The number of carbonyl (C=O) groups excluding carboxylic acids is 1. The second-order valence-electron chi connectivity index (χ2n) is 7.97. The van der Waals surface area contributed by atoms with Crippen LogP contribution in [0.2, 0.25) is 0 Å². The maximum atomic E-state index is 13.5. The van der Waals surface area contributed by atoms with Crippen molar-refractivity contribution < 1.29 is 4.79 Å². The smallest absolute Gasteiger partial charge is 0.253 e. The first-order chi connectivity index (χ1) is 16.9. The average Bonchev–Trinajstić information content (AvgIpc) is 3.23. The van der Waals surface area contributed by atoms with Crippen LogP contribution in [0, 0.1) is 0 Å². The summed E-state index contributed by atoms with van der Waals surface area (Å²) in [6.45, 7) is 0. The number of carbonyl (C=O) groups is 1. The highest BCUT2D eigenvalue weighted by molar-refractivity contribution is 7.98. The third kappa shape index (κ3) is 5.14. The number of para-hydroxylation sites is 2. The zero-order chi connectivity index (χ0) is 24.4. The number of fused-ring (bicyclic) bond motifs is 2. The van der Waals surface area contributed by atoms with Crippen LogP contribution < -0.4 is 5.32 Å². The van der Waals surface area contributed by atoms with Gasteiger partial charge in [-0.25, -0.2) is 4.98 Å². The van der Waals surface area contributed by atoms with Gasteiger partial charge in [0.1, 0.15) is 0 Å². The van der Waals surface area contributed by atoms with E-state index in [1.807, 2.05) is 78.9 Å². The first kappa shape index (κ1) is 24.0. The number of nitrogens with one attached hydrogen (secondary N) is 1. The maximum absolute atomic E-state index is 13.5. The third-order valence-corrected chi connectivity index (χ3v) is 7.29. The standard InChI is InChI=1S/C27H20Cl3N3OS/c28-27(29,30)25(32-24(34)21-14-8-12-19-11-4-5-13-20(19)21)33-23-16-7-6-15-22(23)31-26(33)35-17-18-9-2-1-3-10-18/h1-16,25H,17H2,(H,32,34). The van der Waals surface area contributed by atoms with Crippen LogP contribution in [0.5, 0.6) is 0 Å². The lowest BCUT2D eigenvalue weighted by molar-refractivity contribution is 0.0921. The molecule has 0 aliphatic carbocycles. The zero-order valence-corrected chi connectivity index (χ0v) is 21.5. The number of hydrogen-bond donors (Lipinski definition) is 1. The molecule has 0 aliphatic rings. The fourth-order valence-electron chi connectivity index (χ4n) is 4.01. The molecule has 4 aromatic carbocycles. The molecule has 8 heteroatoms. The molecule has 0 aliphatic heterocycles. The Morgan fingerprint density at radius 3 is 2.37 bits per heavy atom. The van der Waals surface area contributed by atoms with Gasteiger partial charge < -0.3 is 5.32 Å². The predicted octanol–water partition coefficient (Wildman–Crippen LogP) is 7.78. The van der Waals surface area contributed by atoms with Gasteiger partial charge in [-0.15, -0.1) is 0 Å². The molecule has 1 atom stereocenters. The van der Waals surface area contributed by atoms with Crippen molar-refractivity contribution in [2.45, 2.75) is 20.9 Å². The van der Waals surface area contributed by atoms with Crippen molar-refractivity contribution in [3.05, 3.63) is 108 Å². The van der Waals surface area contributed by atoms with E-state index in [1.165, 1.54) is 11.8 Å². The van der Waals surface area contributed by atoms with Gasteiger partial charge in [-0.1, -0.05) is 125 Å². The Morgan fingerprint density at radius 1 is 0.886 bits per heavy atom. The first-order valence-corrected chi connectivity index (χ1v) is 13.0. The van der Waals surface area contributed by atoms with Crippen LogP contribution in [0.15, 0.2) is 102 Å². The zero-order valence-electron chi connectivity index (χ0n) is 18.4. The molecule has 1 aromatic heterocycles. The van der Waals surface area contributed by atoms with Gasteiger partial charge in [-0.2, -0.15) is 0 Å². The number of nitrogens with zero attached hydrogens (tertiary/aromatic N) is 2. The van der Waals surface area contributed by atoms with Crippen molar-refractivity contribution in [2.75, 3.05) is 0 Å². The van der Waals surface area contributed by atoms with Crippen molar-refractivity contribution in [3.8, 4) is 0 Å². The highest BCUT2D eigenvalue weighted by atomic mass is 35.6. The molecule has 0 saturated heterocycles. The quantitative estimate of drug-likeness (QED) is 0.177. The molecule has 176 valence electrons. The molecule has 0 bridgehead atoms. The van der Waals surface area contributed by atoms with Crippen molar-refractivity contribution in [1.29, 1.82) is 0 Å². The van der Waals surface area contributed by atoms with Crippen molar-refractivity contribution in [2.24, 2.45) is 0 Å². The monoisotopic (exact) mass is 539 g/mol. The normalized spacial score (nSPS) is 12.7. The molecular weight excluding hydrogens is 521 g/mol. The molecule has 1 N–H and O–H groups in total. The predicted molar refractivity (Wildman–Crippen MR) is 146 cm³/mol. The van der Waals surface area contributed by atoms with Crippen molar-refractivity contribution in [1.82, 2.24) is 14.9 Å². The van der Waals surface area contributed by atoms with E-state index in [9.17, 15) is 4.79 Å². The second kappa shape index (κ2) is 10.1. The van der Waals surface area contributed by atoms with Crippen LogP contribution in [0.25, 0.3) is 21.8 Å². The Morgan fingerprint density at radius 2 is 1.57 bits per heavy atom. The molecule has 5 rings (SSSR count). The summed E-state index contributed by atoms with van der Waals surface area (Å²) in [5.74, 6) is 0.337. The highest BCUT2D eigenvalue weighted by Gasteiger charge is 2.38. The lowest BCUT2D eigenvalue weighted by atomic mass is 10.0. The van der Waals surface area contributed by atoms with E-state index in [1.54, 1.807) is 10.6 Å². The topological polar surface area (TPSA) is 46.9 Å². The second-order valence-corrected chi connectivity index (χ2v) is 11.3. The van der Waals surface area contributed by atoms with Gasteiger partial charge in [0.25, 0.3) is 5.91 Å². The largest absolute Gasteiger partial charge is 0.328 e. The van der Waals surface area contributed by atoms with Crippen LogP contribution >= 0.6 is 46.6 Å². The molecular formula is C27H20Cl3N3OS. The van der Waals surface area contributed by atoms with E-state index in [0.29, 0.717) is 16.5 Å². The number of thioether (sulfide) groups is 1. The fourth-order valence-corrected chi connectivity index (χ4v) is 5.46.